The molecule has 1 aliphatic heterocycles. The Morgan fingerprint density at radius 2 is 1.65 bits per heavy atom. The Kier molecular flexibility index (Phi) is 6.96. The van der Waals surface area contributed by atoms with Gasteiger partial charge in [0, 0.05) is 30.3 Å². The zero-order chi connectivity index (χ0) is 22.4. The molecule has 0 radical (unpaired) electrons. The summed E-state index contributed by atoms with van der Waals surface area (Å²) in [4.78, 5) is 38.9. The molecule has 1 heterocycles. The zero-order valence-electron chi connectivity index (χ0n) is 17.6. The molecule has 1 aliphatic rings. The molecule has 2 aromatic rings. The minimum Gasteiger partial charge on any atom is -0.497 e. The molecule has 3 rings (SSSR count). The number of hydrogen-bond acceptors (Lipinski definition) is 6. The van der Waals surface area contributed by atoms with Crippen molar-refractivity contribution in [2.24, 2.45) is 5.92 Å². The molecule has 2 N–H and O–H groups in total. The van der Waals surface area contributed by atoms with Crippen molar-refractivity contribution in [1.29, 1.82) is 0 Å². The molecule has 0 bridgehead atoms. The number of anilines is 1. The standard InChI is InChI=1S/C22H25N3O6/c1-4-31-17-7-5-16(6-8-17)25-13-15(11-20(25)26)22(28)24-23-21(27)14-9-18(29-2)12-19(10-14)30-3/h5-10,12,15H,4,11,13H2,1-3H3,(H,23,27)(H,24,28)/t15-/m0/s1. The molecule has 0 unspecified atom stereocenters. The van der Waals surface area contributed by atoms with Crippen LogP contribution in [0.1, 0.15) is 23.7 Å². The first kappa shape index (κ1) is 21.9. The highest BCUT2D eigenvalue weighted by molar-refractivity contribution is 6.01. The van der Waals surface area contributed by atoms with Gasteiger partial charge >= 0.3 is 0 Å². The summed E-state index contributed by atoms with van der Waals surface area (Å²) in [7, 11) is 2.96. The van der Waals surface area contributed by atoms with E-state index in [1.165, 1.54) is 26.4 Å². The van der Waals surface area contributed by atoms with Crippen LogP contribution < -0.4 is 30.0 Å². The number of carbonyl (C=O) groups excluding carboxylic acids is 3. The number of hydrazine groups is 1. The van der Waals surface area contributed by atoms with Crippen molar-refractivity contribution < 1.29 is 28.6 Å². The quantitative estimate of drug-likeness (QED) is 0.654. The zero-order valence-corrected chi connectivity index (χ0v) is 17.6. The number of methoxy groups -OCH3 is 2. The fraction of sp³-hybridized carbons (Fsp3) is 0.318. The highest BCUT2D eigenvalue weighted by Gasteiger charge is 2.35. The Labute approximate surface area is 180 Å². The van der Waals surface area contributed by atoms with Gasteiger partial charge in [-0.25, -0.2) is 0 Å². The summed E-state index contributed by atoms with van der Waals surface area (Å²) in [6, 6.07) is 11.8. The van der Waals surface area contributed by atoms with Crippen molar-refractivity contribution in [1.82, 2.24) is 10.9 Å². The second kappa shape index (κ2) is 9.84. The Morgan fingerprint density at radius 3 is 2.23 bits per heavy atom. The van der Waals surface area contributed by atoms with E-state index in [1.807, 2.05) is 6.92 Å². The number of benzene rings is 2. The lowest BCUT2D eigenvalue weighted by atomic mass is 10.1. The van der Waals surface area contributed by atoms with E-state index in [0.29, 0.717) is 29.5 Å². The van der Waals surface area contributed by atoms with E-state index in [0.717, 1.165) is 0 Å². The van der Waals surface area contributed by atoms with Gasteiger partial charge in [-0.3, -0.25) is 25.2 Å². The number of carbonyl (C=O) groups is 3. The second-order valence-corrected chi connectivity index (χ2v) is 6.88. The van der Waals surface area contributed by atoms with Crippen molar-refractivity contribution in [3.05, 3.63) is 48.0 Å². The molecule has 1 fully saturated rings. The average Bonchev–Trinajstić information content (AvgIpc) is 3.19. The van der Waals surface area contributed by atoms with E-state index in [4.69, 9.17) is 14.2 Å². The third-order valence-corrected chi connectivity index (χ3v) is 4.87. The van der Waals surface area contributed by atoms with Crippen LogP contribution in [0, 0.1) is 5.92 Å². The van der Waals surface area contributed by atoms with Crippen LogP contribution in [-0.4, -0.2) is 45.1 Å². The first-order valence-electron chi connectivity index (χ1n) is 9.81. The van der Waals surface area contributed by atoms with E-state index in [-0.39, 0.29) is 24.4 Å². The maximum absolute atomic E-state index is 12.5. The van der Waals surface area contributed by atoms with Crippen molar-refractivity contribution >= 4 is 23.4 Å². The maximum atomic E-state index is 12.5. The van der Waals surface area contributed by atoms with Crippen LogP contribution >= 0.6 is 0 Å². The van der Waals surface area contributed by atoms with Crippen LogP contribution in [0.2, 0.25) is 0 Å². The Morgan fingerprint density at radius 1 is 1.00 bits per heavy atom. The molecule has 2 aromatic carbocycles. The highest BCUT2D eigenvalue weighted by atomic mass is 16.5. The lowest BCUT2D eigenvalue weighted by Gasteiger charge is -2.17. The summed E-state index contributed by atoms with van der Waals surface area (Å²) in [5.74, 6) is -0.105. The molecule has 0 saturated carbocycles. The second-order valence-electron chi connectivity index (χ2n) is 6.88. The molecule has 1 atom stereocenters. The van der Waals surface area contributed by atoms with E-state index >= 15 is 0 Å². The number of rotatable bonds is 7. The minimum absolute atomic E-state index is 0.0574. The molecule has 9 heteroatoms. The van der Waals surface area contributed by atoms with Crippen molar-refractivity contribution in [3.63, 3.8) is 0 Å². The highest BCUT2D eigenvalue weighted by Crippen LogP contribution is 2.27. The summed E-state index contributed by atoms with van der Waals surface area (Å²) in [5, 5.41) is 0. The summed E-state index contributed by atoms with van der Waals surface area (Å²) < 4.78 is 15.7. The molecule has 9 nitrogen and oxygen atoms in total. The number of nitrogens with zero attached hydrogens (tertiary/aromatic N) is 1. The number of nitrogens with one attached hydrogen (secondary N) is 2. The van der Waals surface area contributed by atoms with Crippen LogP contribution in [0.25, 0.3) is 0 Å². The Bertz CT molecular complexity index is 938. The van der Waals surface area contributed by atoms with Gasteiger partial charge in [0.25, 0.3) is 5.91 Å². The van der Waals surface area contributed by atoms with E-state index in [1.54, 1.807) is 35.2 Å². The van der Waals surface area contributed by atoms with Crippen LogP contribution in [0.15, 0.2) is 42.5 Å². The van der Waals surface area contributed by atoms with Crippen LogP contribution in [0.4, 0.5) is 5.69 Å². The maximum Gasteiger partial charge on any atom is 0.269 e. The van der Waals surface area contributed by atoms with Gasteiger partial charge in [-0.15, -0.1) is 0 Å². The van der Waals surface area contributed by atoms with Gasteiger partial charge < -0.3 is 19.1 Å². The lowest BCUT2D eigenvalue weighted by molar-refractivity contribution is -0.126. The van der Waals surface area contributed by atoms with Gasteiger partial charge in [-0.1, -0.05) is 0 Å². The third kappa shape index (κ3) is 5.25. The topological polar surface area (TPSA) is 106 Å². The van der Waals surface area contributed by atoms with Crippen LogP contribution in [-0.2, 0) is 9.59 Å². The van der Waals surface area contributed by atoms with Gasteiger partial charge in [-0.2, -0.15) is 0 Å². The molecule has 0 aliphatic carbocycles. The fourth-order valence-corrected chi connectivity index (χ4v) is 3.25. The minimum atomic E-state index is -0.584. The molecule has 3 amide bonds. The monoisotopic (exact) mass is 427 g/mol. The average molecular weight is 427 g/mol. The van der Waals surface area contributed by atoms with Gasteiger partial charge in [0.15, 0.2) is 0 Å². The summed E-state index contributed by atoms with van der Waals surface area (Å²) >= 11 is 0. The molecule has 1 saturated heterocycles. The predicted octanol–water partition coefficient (Wildman–Crippen LogP) is 1.92. The largest absolute Gasteiger partial charge is 0.497 e. The molecular formula is C22H25N3O6. The first-order valence-corrected chi connectivity index (χ1v) is 9.81. The summed E-state index contributed by atoms with van der Waals surface area (Å²) in [6.45, 7) is 2.67. The van der Waals surface area contributed by atoms with Gasteiger partial charge in [-0.05, 0) is 43.3 Å². The SMILES string of the molecule is CCOc1ccc(N2C[C@@H](C(=O)NNC(=O)c3cc(OC)cc(OC)c3)CC2=O)cc1. The number of hydrogen-bond donors (Lipinski definition) is 2. The van der Waals surface area contributed by atoms with Crippen LogP contribution in [0.3, 0.4) is 0 Å². The lowest BCUT2D eigenvalue weighted by Crippen LogP contribution is -2.45. The van der Waals surface area contributed by atoms with Crippen molar-refractivity contribution in [3.8, 4) is 17.2 Å². The van der Waals surface area contributed by atoms with Gasteiger partial charge in [0.1, 0.15) is 17.2 Å². The fourth-order valence-electron chi connectivity index (χ4n) is 3.25. The van der Waals surface area contributed by atoms with Gasteiger partial charge in [0.05, 0.1) is 26.7 Å². The molecule has 164 valence electrons. The predicted molar refractivity (Wildman–Crippen MR) is 113 cm³/mol. The summed E-state index contributed by atoms with van der Waals surface area (Å²) in [5.41, 5.74) is 5.72. The molecule has 31 heavy (non-hydrogen) atoms. The molecular weight excluding hydrogens is 402 g/mol. The Hall–Kier alpha value is -3.75. The van der Waals surface area contributed by atoms with E-state index in [2.05, 4.69) is 10.9 Å². The molecule has 0 spiro atoms. The number of amides is 3. The van der Waals surface area contributed by atoms with Gasteiger partial charge in [0.2, 0.25) is 11.8 Å². The summed E-state index contributed by atoms with van der Waals surface area (Å²) in [6.07, 6.45) is 0.0574. The van der Waals surface area contributed by atoms with Crippen LogP contribution in [0.5, 0.6) is 17.2 Å². The van der Waals surface area contributed by atoms with E-state index < -0.39 is 17.7 Å². The molecule has 0 aromatic heterocycles. The first-order chi connectivity index (χ1) is 14.9. The third-order valence-electron chi connectivity index (χ3n) is 4.87. The normalized spacial score (nSPS) is 15.4. The van der Waals surface area contributed by atoms with E-state index in [9.17, 15) is 14.4 Å². The Balaban J connectivity index is 1.59. The smallest absolute Gasteiger partial charge is 0.269 e. The number of ether oxygens (including phenoxy) is 3. The van der Waals surface area contributed by atoms with Crippen molar-refractivity contribution in [2.45, 2.75) is 13.3 Å². The van der Waals surface area contributed by atoms with Crippen molar-refractivity contribution in [2.75, 3.05) is 32.3 Å².